The summed E-state index contributed by atoms with van der Waals surface area (Å²) in [5.74, 6) is 0.0895. The molecule has 1 heterocycles. The van der Waals surface area contributed by atoms with Crippen LogP contribution in [0.25, 0.3) is 0 Å². The second kappa shape index (κ2) is 4.49. The summed E-state index contributed by atoms with van der Waals surface area (Å²) >= 11 is 0. The summed E-state index contributed by atoms with van der Waals surface area (Å²) in [6, 6.07) is 0.0415. The molecule has 4 nitrogen and oxygen atoms in total. The van der Waals surface area contributed by atoms with E-state index >= 15 is 0 Å². The van der Waals surface area contributed by atoms with Crippen molar-refractivity contribution in [2.45, 2.75) is 78.4 Å². The van der Waals surface area contributed by atoms with Crippen molar-refractivity contribution in [1.82, 2.24) is 10.4 Å². The summed E-state index contributed by atoms with van der Waals surface area (Å²) in [6.07, 6.45) is 1.34. The van der Waals surface area contributed by atoms with Gasteiger partial charge in [0.05, 0.1) is 11.6 Å². The zero-order chi connectivity index (χ0) is 14.4. The number of hydroxylamine groups is 2. The normalized spacial score (nSPS) is 27.2. The Labute approximate surface area is 111 Å². The van der Waals surface area contributed by atoms with Crippen LogP contribution in [0, 0.1) is 5.41 Å². The third-order valence-corrected chi connectivity index (χ3v) is 3.76. The van der Waals surface area contributed by atoms with Crippen molar-refractivity contribution in [3.8, 4) is 0 Å². The zero-order valence-electron chi connectivity index (χ0n) is 12.8. The van der Waals surface area contributed by atoms with Gasteiger partial charge in [-0.25, -0.2) is 0 Å². The molecule has 1 rings (SSSR count). The van der Waals surface area contributed by atoms with E-state index in [1.165, 1.54) is 0 Å². The SMILES string of the molecule is CC(C)(C)CC(=O)NC1CC(C)(C)N([OH2+])C1(C)C. The van der Waals surface area contributed by atoms with Crippen molar-refractivity contribution in [2.24, 2.45) is 5.41 Å². The molecule has 1 unspecified atom stereocenters. The summed E-state index contributed by atoms with van der Waals surface area (Å²) in [5.41, 5.74) is -0.511. The van der Waals surface area contributed by atoms with Crippen LogP contribution in [0.15, 0.2) is 0 Å². The van der Waals surface area contributed by atoms with Crippen molar-refractivity contribution in [3.63, 3.8) is 0 Å². The molecule has 1 aliphatic rings. The second-order valence-electron chi connectivity index (χ2n) is 7.86. The van der Waals surface area contributed by atoms with E-state index in [9.17, 15) is 4.79 Å². The fourth-order valence-corrected chi connectivity index (χ4v) is 2.73. The van der Waals surface area contributed by atoms with Gasteiger partial charge in [-0.1, -0.05) is 25.8 Å². The Hall–Kier alpha value is -0.610. The Morgan fingerprint density at radius 2 is 1.83 bits per heavy atom. The number of carbonyl (C=O) groups excluding carboxylic acids is 1. The van der Waals surface area contributed by atoms with Crippen LogP contribution < -0.4 is 5.32 Å². The van der Waals surface area contributed by atoms with E-state index in [0.717, 1.165) is 6.42 Å². The van der Waals surface area contributed by atoms with Gasteiger partial charge in [-0.05, 0) is 39.5 Å². The van der Waals surface area contributed by atoms with Crippen LogP contribution in [0.5, 0.6) is 0 Å². The topological polar surface area (TPSA) is 55.2 Å². The van der Waals surface area contributed by atoms with Gasteiger partial charge in [-0.2, -0.15) is 0 Å². The molecule has 1 atom stereocenters. The fourth-order valence-electron chi connectivity index (χ4n) is 2.73. The molecular formula is C14H29N2O2+. The highest BCUT2D eigenvalue weighted by molar-refractivity contribution is 5.77. The molecule has 0 bridgehead atoms. The first-order valence-electron chi connectivity index (χ1n) is 6.67. The predicted molar refractivity (Wildman–Crippen MR) is 74.2 cm³/mol. The maximum absolute atomic E-state index is 12.0. The molecule has 18 heavy (non-hydrogen) atoms. The lowest BCUT2D eigenvalue weighted by Gasteiger charge is -2.31. The molecule has 0 aromatic rings. The Morgan fingerprint density at radius 3 is 2.17 bits per heavy atom. The van der Waals surface area contributed by atoms with Crippen molar-refractivity contribution < 1.29 is 10.0 Å². The molecule has 0 spiro atoms. The van der Waals surface area contributed by atoms with E-state index in [0.29, 0.717) is 6.42 Å². The number of hydrogen-bond donors (Lipinski definition) is 1. The first kappa shape index (κ1) is 15.4. The number of rotatable bonds is 2. The molecule has 3 N–H and O–H groups in total. The molecule has 0 aromatic heterocycles. The van der Waals surface area contributed by atoms with E-state index in [1.54, 1.807) is 5.06 Å². The van der Waals surface area contributed by atoms with Gasteiger partial charge in [-0.3, -0.25) is 4.79 Å². The summed E-state index contributed by atoms with van der Waals surface area (Å²) in [6.45, 7) is 14.3. The summed E-state index contributed by atoms with van der Waals surface area (Å²) in [4.78, 5) is 12.0. The molecule has 0 saturated carbocycles. The lowest BCUT2D eigenvalue weighted by Crippen LogP contribution is -2.53. The molecule has 0 aliphatic carbocycles. The highest BCUT2D eigenvalue weighted by Gasteiger charge is 2.55. The number of nitrogens with one attached hydrogen (secondary N) is 1. The van der Waals surface area contributed by atoms with E-state index in [4.69, 9.17) is 5.21 Å². The highest BCUT2D eigenvalue weighted by Crippen LogP contribution is 2.39. The maximum atomic E-state index is 12.0. The van der Waals surface area contributed by atoms with E-state index in [1.807, 2.05) is 13.8 Å². The number of hydrogen-bond acceptors (Lipinski definition) is 2. The Morgan fingerprint density at radius 1 is 1.33 bits per heavy atom. The molecule has 1 saturated heterocycles. The monoisotopic (exact) mass is 257 g/mol. The minimum atomic E-state index is -0.322. The lowest BCUT2D eigenvalue weighted by atomic mass is 9.90. The van der Waals surface area contributed by atoms with Crippen molar-refractivity contribution in [1.29, 1.82) is 0 Å². The van der Waals surface area contributed by atoms with Crippen molar-refractivity contribution in [2.75, 3.05) is 0 Å². The van der Waals surface area contributed by atoms with Crippen LogP contribution in [0.1, 0.15) is 61.3 Å². The van der Waals surface area contributed by atoms with E-state index in [2.05, 4.69) is 39.9 Å². The second-order valence-corrected chi connectivity index (χ2v) is 7.86. The molecule has 106 valence electrons. The Bertz CT molecular complexity index is 329. The van der Waals surface area contributed by atoms with Crippen molar-refractivity contribution in [3.05, 3.63) is 0 Å². The van der Waals surface area contributed by atoms with Gasteiger partial charge >= 0.3 is 0 Å². The smallest absolute Gasteiger partial charge is 0.220 e. The maximum Gasteiger partial charge on any atom is 0.220 e. The number of carbonyl (C=O) groups is 1. The van der Waals surface area contributed by atoms with E-state index < -0.39 is 0 Å². The third kappa shape index (κ3) is 3.23. The number of nitrogens with zero attached hydrogens (tertiary/aromatic N) is 1. The lowest BCUT2D eigenvalue weighted by molar-refractivity contribution is -0.194. The van der Waals surface area contributed by atoms with Gasteiger partial charge < -0.3 is 10.5 Å². The zero-order valence-corrected chi connectivity index (χ0v) is 12.8. The van der Waals surface area contributed by atoms with Gasteiger partial charge in [0.25, 0.3) is 0 Å². The van der Waals surface area contributed by atoms with Crippen LogP contribution in [-0.4, -0.2) is 33.3 Å². The quantitative estimate of drug-likeness (QED) is 0.767. The van der Waals surface area contributed by atoms with Gasteiger partial charge in [0, 0.05) is 6.42 Å². The average Bonchev–Trinajstić information content (AvgIpc) is 2.24. The molecule has 1 amide bonds. The van der Waals surface area contributed by atoms with Crippen LogP contribution in [0.2, 0.25) is 0 Å². The minimum Gasteiger partial charge on any atom is -0.351 e. The minimum absolute atomic E-state index is 0.00298. The highest BCUT2D eigenvalue weighted by atomic mass is 16.5. The molecular weight excluding hydrogens is 228 g/mol. The summed E-state index contributed by atoms with van der Waals surface area (Å²) in [5, 5.41) is 12.9. The molecule has 1 fully saturated rings. The standard InChI is InChI=1S/C14H28N2O2/c1-12(2,3)9-11(17)15-10-8-13(4,5)16(18)14(10,6)7/h10,18H,8-9H2,1-7H3,(H,15,17)/p+1. The summed E-state index contributed by atoms with van der Waals surface area (Å²) in [7, 11) is 0. The predicted octanol–water partition coefficient (Wildman–Crippen LogP) is 1.81. The van der Waals surface area contributed by atoms with Gasteiger partial charge in [0.15, 0.2) is 0 Å². The van der Waals surface area contributed by atoms with Crippen LogP contribution in [0.4, 0.5) is 0 Å². The van der Waals surface area contributed by atoms with Gasteiger partial charge in [0.2, 0.25) is 5.91 Å². The van der Waals surface area contributed by atoms with Gasteiger partial charge in [0.1, 0.15) is 5.54 Å². The first-order valence-corrected chi connectivity index (χ1v) is 6.67. The molecule has 4 heteroatoms. The Balaban J connectivity index is 2.72. The molecule has 1 aliphatic heterocycles. The average molecular weight is 257 g/mol. The van der Waals surface area contributed by atoms with Crippen LogP contribution in [-0.2, 0) is 4.79 Å². The Kier molecular flexibility index (Phi) is 3.86. The summed E-state index contributed by atoms with van der Waals surface area (Å²) < 4.78 is 0. The molecule has 0 radical (unpaired) electrons. The number of amides is 1. The fraction of sp³-hybridized carbons (Fsp3) is 0.929. The van der Waals surface area contributed by atoms with Crippen molar-refractivity contribution >= 4 is 5.91 Å². The van der Waals surface area contributed by atoms with Crippen LogP contribution in [0.3, 0.4) is 0 Å². The molecule has 0 aromatic carbocycles. The third-order valence-electron chi connectivity index (χ3n) is 3.76. The van der Waals surface area contributed by atoms with Crippen LogP contribution >= 0.6 is 0 Å². The first-order chi connectivity index (χ1) is 7.86. The van der Waals surface area contributed by atoms with E-state index in [-0.39, 0.29) is 28.4 Å². The largest absolute Gasteiger partial charge is 0.351 e. The van der Waals surface area contributed by atoms with Gasteiger partial charge in [-0.15, -0.1) is 0 Å².